The van der Waals surface area contributed by atoms with Gasteiger partial charge in [0.05, 0.1) is 5.03 Å². The van der Waals surface area contributed by atoms with Gasteiger partial charge < -0.3 is 10.0 Å². The summed E-state index contributed by atoms with van der Waals surface area (Å²) in [6.07, 6.45) is -0.288. The molecule has 1 heterocycles. The SMILES string of the molecule is CCCN1C(=O)C(Cl)=C(Cl)C1O. The Morgan fingerprint density at radius 2 is 2.17 bits per heavy atom. The minimum absolute atomic E-state index is 0.0233. The van der Waals surface area contributed by atoms with Crippen molar-refractivity contribution in [3.63, 3.8) is 0 Å². The first kappa shape index (κ1) is 9.84. The van der Waals surface area contributed by atoms with Crippen LogP contribution in [-0.2, 0) is 4.79 Å². The van der Waals surface area contributed by atoms with Crippen LogP contribution < -0.4 is 0 Å². The predicted octanol–water partition coefficient (Wildman–Crippen LogP) is 1.25. The molecule has 0 saturated heterocycles. The van der Waals surface area contributed by atoms with Gasteiger partial charge in [-0.15, -0.1) is 0 Å². The molecule has 3 nitrogen and oxygen atoms in total. The quantitative estimate of drug-likeness (QED) is 0.744. The van der Waals surface area contributed by atoms with E-state index in [4.69, 9.17) is 23.2 Å². The number of aliphatic hydroxyl groups excluding tert-OH is 1. The summed E-state index contributed by atoms with van der Waals surface area (Å²) >= 11 is 11.1. The van der Waals surface area contributed by atoms with Gasteiger partial charge in [-0.2, -0.15) is 0 Å². The van der Waals surface area contributed by atoms with Crippen molar-refractivity contribution in [2.45, 2.75) is 19.6 Å². The summed E-state index contributed by atoms with van der Waals surface area (Å²) in [5.41, 5.74) is 0. The van der Waals surface area contributed by atoms with Crippen LogP contribution in [0, 0.1) is 0 Å². The third-order valence-corrected chi connectivity index (χ3v) is 2.49. The fourth-order valence-electron chi connectivity index (χ4n) is 1.05. The molecule has 1 amide bonds. The normalized spacial score (nSPS) is 24.2. The van der Waals surface area contributed by atoms with Crippen molar-refractivity contribution in [2.24, 2.45) is 0 Å². The maximum absolute atomic E-state index is 11.2. The van der Waals surface area contributed by atoms with Gasteiger partial charge in [0.15, 0.2) is 6.23 Å². The minimum Gasteiger partial charge on any atom is -0.368 e. The fraction of sp³-hybridized carbons (Fsp3) is 0.571. The largest absolute Gasteiger partial charge is 0.368 e. The van der Waals surface area contributed by atoms with Crippen LogP contribution >= 0.6 is 23.2 Å². The highest BCUT2D eigenvalue weighted by Gasteiger charge is 2.35. The predicted molar refractivity (Wildman–Crippen MR) is 46.7 cm³/mol. The van der Waals surface area contributed by atoms with Gasteiger partial charge in [-0.1, -0.05) is 30.1 Å². The molecule has 5 heteroatoms. The summed E-state index contributed by atoms with van der Waals surface area (Å²) in [5, 5.41) is 9.31. The molecule has 0 saturated carbocycles. The van der Waals surface area contributed by atoms with E-state index in [2.05, 4.69) is 0 Å². The van der Waals surface area contributed by atoms with E-state index in [9.17, 15) is 9.90 Å². The first-order chi connectivity index (χ1) is 5.59. The standard InChI is InChI=1S/C7H9Cl2NO2/c1-2-3-10-6(11)4(8)5(9)7(10)12/h6,11H,2-3H2,1H3. The molecule has 0 aromatic rings. The van der Waals surface area contributed by atoms with Crippen LogP contribution in [0.5, 0.6) is 0 Å². The molecule has 0 aromatic carbocycles. The topological polar surface area (TPSA) is 40.5 Å². The van der Waals surface area contributed by atoms with Gasteiger partial charge >= 0.3 is 0 Å². The third-order valence-electron chi connectivity index (χ3n) is 1.64. The maximum Gasteiger partial charge on any atom is 0.269 e. The monoisotopic (exact) mass is 209 g/mol. The molecule has 1 aliphatic rings. The highest BCUT2D eigenvalue weighted by molar-refractivity contribution is 6.49. The van der Waals surface area contributed by atoms with E-state index in [1.165, 1.54) is 4.90 Å². The van der Waals surface area contributed by atoms with Gasteiger partial charge in [-0.05, 0) is 6.42 Å². The molecule has 0 aliphatic carbocycles. The molecular weight excluding hydrogens is 201 g/mol. The summed E-state index contributed by atoms with van der Waals surface area (Å²) in [6.45, 7) is 2.37. The average molecular weight is 210 g/mol. The second-order valence-electron chi connectivity index (χ2n) is 2.53. The molecular formula is C7H9Cl2NO2. The Morgan fingerprint density at radius 1 is 1.58 bits per heavy atom. The van der Waals surface area contributed by atoms with Crippen molar-refractivity contribution >= 4 is 29.1 Å². The van der Waals surface area contributed by atoms with Crippen LogP contribution in [0.2, 0.25) is 0 Å². The van der Waals surface area contributed by atoms with E-state index >= 15 is 0 Å². The van der Waals surface area contributed by atoms with Crippen molar-refractivity contribution in [2.75, 3.05) is 6.54 Å². The maximum atomic E-state index is 11.2. The van der Waals surface area contributed by atoms with Gasteiger partial charge in [0.2, 0.25) is 0 Å². The number of carbonyl (C=O) groups is 1. The van der Waals surface area contributed by atoms with E-state index in [-0.39, 0.29) is 10.1 Å². The smallest absolute Gasteiger partial charge is 0.269 e. The molecule has 0 radical (unpaired) electrons. The molecule has 1 atom stereocenters. The number of halogens is 2. The van der Waals surface area contributed by atoms with Crippen LogP contribution in [0.4, 0.5) is 0 Å². The number of amides is 1. The van der Waals surface area contributed by atoms with E-state index in [0.29, 0.717) is 6.54 Å². The number of hydrogen-bond acceptors (Lipinski definition) is 2. The summed E-state index contributed by atoms with van der Waals surface area (Å²) in [4.78, 5) is 12.4. The summed E-state index contributed by atoms with van der Waals surface area (Å²) in [7, 11) is 0. The molecule has 0 aromatic heterocycles. The zero-order valence-corrected chi connectivity index (χ0v) is 8.06. The van der Waals surface area contributed by atoms with Crippen molar-refractivity contribution in [1.82, 2.24) is 4.90 Å². The molecule has 1 aliphatic heterocycles. The Morgan fingerprint density at radius 3 is 2.50 bits per heavy atom. The van der Waals surface area contributed by atoms with E-state index in [0.717, 1.165) is 6.42 Å². The van der Waals surface area contributed by atoms with Gasteiger partial charge in [-0.3, -0.25) is 4.79 Å². The lowest BCUT2D eigenvalue weighted by Gasteiger charge is -2.19. The Balaban J connectivity index is 2.80. The minimum atomic E-state index is -1.05. The highest BCUT2D eigenvalue weighted by Crippen LogP contribution is 2.29. The van der Waals surface area contributed by atoms with E-state index in [1.54, 1.807) is 0 Å². The lowest BCUT2D eigenvalue weighted by molar-refractivity contribution is -0.131. The van der Waals surface area contributed by atoms with Crippen LogP contribution in [-0.4, -0.2) is 28.7 Å². The Kier molecular flexibility index (Phi) is 2.99. The number of carbonyl (C=O) groups excluding carboxylic acids is 1. The molecule has 1 N–H and O–H groups in total. The van der Waals surface area contributed by atoms with Crippen molar-refractivity contribution in [3.8, 4) is 0 Å². The van der Waals surface area contributed by atoms with Crippen LogP contribution in [0.25, 0.3) is 0 Å². The van der Waals surface area contributed by atoms with Gasteiger partial charge in [0.25, 0.3) is 5.91 Å². The van der Waals surface area contributed by atoms with Crippen LogP contribution in [0.15, 0.2) is 10.1 Å². The average Bonchev–Trinajstić information content (AvgIpc) is 2.23. The van der Waals surface area contributed by atoms with Gasteiger partial charge in [0.1, 0.15) is 5.03 Å². The Hall–Kier alpha value is -0.250. The van der Waals surface area contributed by atoms with Gasteiger partial charge in [0, 0.05) is 6.54 Å². The first-order valence-corrected chi connectivity index (χ1v) is 4.39. The van der Waals surface area contributed by atoms with Crippen molar-refractivity contribution in [1.29, 1.82) is 0 Å². The second kappa shape index (κ2) is 3.64. The lowest BCUT2D eigenvalue weighted by Crippen LogP contribution is -2.35. The second-order valence-corrected chi connectivity index (χ2v) is 3.32. The van der Waals surface area contributed by atoms with Gasteiger partial charge in [-0.25, -0.2) is 0 Å². The zero-order chi connectivity index (χ0) is 9.30. The number of hydrogen-bond donors (Lipinski definition) is 1. The molecule has 0 fully saturated rings. The summed E-state index contributed by atoms with van der Waals surface area (Å²) < 4.78 is 0. The van der Waals surface area contributed by atoms with Crippen LogP contribution in [0.1, 0.15) is 13.3 Å². The molecule has 12 heavy (non-hydrogen) atoms. The molecule has 1 unspecified atom stereocenters. The zero-order valence-electron chi connectivity index (χ0n) is 6.55. The van der Waals surface area contributed by atoms with Crippen molar-refractivity contribution in [3.05, 3.63) is 10.1 Å². The number of aliphatic hydroxyl groups is 1. The summed E-state index contributed by atoms with van der Waals surface area (Å²) in [6, 6.07) is 0. The van der Waals surface area contributed by atoms with Crippen molar-refractivity contribution < 1.29 is 9.90 Å². The molecule has 0 bridgehead atoms. The Bertz CT molecular complexity index is 240. The van der Waals surface area contributed by atoms with E-state index in [1.807, 2.05) is 6.92 Å². The number of rotatable bonds is 2. The number of nitrogens with zero attached hydrogens (tertiary/aromatic N) is 1. The summed E-state index contributed by atoms with van der Waals surface area (Å²) in [5.74, 6) is -0.393. The molecule has 1 rings (SSSR count). The van der Waals surface area contributed by atoms with Crippen LogP contribution in [0.3, 0.4) is 0 Å². The fourth-order valence-corrected chi connectivity index (χ4v) is 1.46. The first-order valence-electron chi connectivity index (χ1n) is 3.63. The molecule has 0 spiro atoms. The third kappa shape index (κ3) is 1.44. The highest BCUT2D eigenvalue weighted by atomic mass is 35.5. The Labute approximate surface area is 80.6 Å². The lowest BCUT2D eigenvalue weighted by atomic mass is 10.4. The van der Waals surface area contributed by atoms with E-state index < -0.39 is 12.1 Å². The molecule has 68 valence electrons.